The molecule has 7 heteroatoms. The Kier molecular flexibility index (Phi) is 3.47. The first-order chi connectivity index (χ1) is 10.1. The molecule has 1 aliphatic rings. The maximum absolute atomic E-state index is 12.4. The normalized spacial score (nSPS) is 16.6. The molecule has 0 saturated heterocycles. The number of nitrogens with one attached hydrogen (secondary N) is 1. The number of aryl methyl sites for hydroxylation is 1. The standard InChI is InChI=1S/C14H15ClN4O2/c1-21-12-7-10(16)9(15)6-8(12)14(20)18-11-2-4-19-5-3-17-13(11)19/h3,5-7,11H,2,4,16H2,1H3,(H,18,20). The number of carbonyl (C=O) groups is 1. The highest BCUT2D eigenvalue weighted by atomic mass is 35.5. The first-order valence-electron chi connectivity index (χ1n) is 6.55. The summed E-state index contributed by atoms with van der Waals surface area (Å²) in [5.41, 5.74) is 6.46. The number of ether oxygens (including phenoxy) is 1. The summed E-state index contributed by atoms with van der Waals surface area (Å²) in [4.78, 5) is 16.7. The fourth-order valence-corrected chi connectivity index (χ4v) is 2.67. The van der Waals surface area contributed by atoms with Crippen LogP contribution in [0.3, 0.4) is 0 Å². The van der Waals surface area contributed by atoms with Crippen LogP contribution >= 0.6 is 11.6 Å². The van der Waals surface area contributed by atoms with Gasteiger partial charge in [-0.3, -0.25) is 4.79 Å². The van der Waals surface area contributed by atoms with Gasteiger partial charge in [-0.2, -0.15) is 0 Å². The Morgan fingerprint density at radius 3 is 3.14 bits per heavy atom. The lowest BCUT2D eigenvalue weighted by molar-refractivity contribution is 0.0933. The molecule has 21 heavy (non-hydrogen) atoms. The van der Waals surface area contributed by atoms with Crippen LogP contribution in [0, 0.1) is 0 Å². The van der Waals surface area contributed by atoms with Crippen molar-refractivity contribution in [2.45, 2.75) is 19.0 Å². The van der Waals surface area contributed by atoms with Crippen LogP contribution in [0.1, 0.15) is 28.6 Å². The van der Waals surface area contributed by atoms with Crippen LogP contribution in [-0.4, -0.2) is 22.6 Å². The topological polar surface area (TPSA) is 82.2 Å². The van der Waals surface area contributed by atoms with Gasteiger partial charge in [0.25, 0.3) is 5.91 Å². The minimum atomic E-state index is -0.254. The molecule has 0 saturated carbocycles. The number of halogens is 1. The summed E-state index contributed by atoms with van der Waals surface area (Å²) in [5, 5.41) is 3.28. The summed E-state index contributed by atoms with van der Waals surface area (Å²) in [6, 6.07) is 2.97. The zero-order valence-electron chi connectivity index (χ0n) is 11.5. The van der Waals surface area contributed by atoms with Crippen molar-refractivity contribution in [3.05, 3.63) is 40.9 Å². The number of aromatic nitrogens is 2. The summed E-state index contributed by atoms with van der Waals surface area (Å²) in [7, 11) is 1.49. The molecule has 2 heterocycles. The minimum Gasteiger partial charge on any atom is -0.496 e. The largest absolute Gasteiger partial charge is 0.496 e. The number of nitrogens with zero attached hydrogens (tertiary/aromatic N) is 2. The molecule has 0 bridgehead atoms. The van der Waals surface area contributed by atoms with E-state index in [-0.39, 0.29) is 11.9 Å². The number of nitrogen functional groups attached to an aromatic ring is 1. The highest BCUT2D eigenvalue weighted by Gasteiger charge is 2.26. The number of carbonyl (C=O) groups excluding carboxylic acids is 1. The first kappa shape index (κ1) is 13.8. The number of hydrogen-bond acceptors (Lipinski definition) is 4. The molecule has 1 aromatic carbocycles. The van der Waals surface area contributed by atoms with Crippen LogP contribution in [0.25, 0.3) is 0 Å². The van der Waals surface area contributed by atoms with Crippen molar-refractivity contribution in [2.24, 2.45) is 0 Å². The molecule has 2 aromatic rings. The number of fused-ring (bicyclic) bond motifs is 1. The molecule has 1 amide bonds. The molecular weight excluding hydrogens is 292 g/mol. The predicted octanol–water partition coefficient (Wildman–Crippen LogP) is 2.00. The van der Waals surface area contributed by atoms with Crippen molar-refractivity contribution >= 4 is 23.2 Å². The molecule has 110 valence electrons. The Hall–Kier alpha value is -2.21. The second kappa shape index (κ2) is 5.29. The number of benzene rings is 1. The Morgan fingerprint density at radius 2 is 2.38 bits per heavy atom. The Labute approximate surface area is 126 Å². The van der Waals surface area contributed by atoms with Gasteiger partial charge in [0.1, 0.15) is 11.6 Å². The number of nitrogens with two attached hydrogens (primary N) is 1. The Balaban J connectivity index is 1.85. The molecule has 0 spiro atoms. The van der Waals surface area contributed by atoms with E-state index in [1.165, 1.54) is 13.2 Å². The van der Waals surface area contributed by atoms with Crippen molar-refractivity contribution in [1.82, 2.24) is 14.9 Å². The molecule has 0 fully saturated rings. The highest BCUT2D eigenvalue weighted by molar-refractivity contribution is 6.33. The van der Waals surface area contributed by atoms with Crippen molar-refractivity contribution < 1.29 is 9.53 Å². The maximum Gasteiger partial charge on any atom is 0.255 e. The average molecular weight is 307 g/mol. The molecular formula is C14H15ClN4O2. The molecule has 3 N–H and O–H groups in total. The maximum atomic E-state index is 12.4. The van der Waals surface area contributed by atoms with E-state index in [1.807, 2.05) is 10.8 Å². The van der Waals surface area contributed by atoms with Crippen LogP contribution in [0.2, 0.25) is 5.02 Å². The van der Waals surface area contributed by atoms with Crippen molar-refractivity contribution in [1.29, 1.82) is 0 Å². The van der Waals surface area contributed by atoms with Crippen LogP contribution in [0.4, 0.5) is 5.69 Å². The number of amides is 1. The number of hydrogen-bond donors (Lipinski definition) is 2. The van der Waals surface area contributed by atoms with E-state index in [4.69, 9.17) is 22.1 Å². The fraction of sp³-hybridized carbons (Fsp3) is 0.286. The summed E-state index contributed by atoms with van der Waals surface area (Å²) < 4.78 is 7.23. The zero-order chi connectivity index (χ0) is 15.0. The van der Waals surface area contributed by atoms with Crippen LogP contribution in [0.15, 0.2) is 24.5 Å². The van der Waals surface area contributed by atoms with E-state index < -0.39 is 0 Å². The summed E-state index contributed by atoms with van der Waals surface area (Å²) in [5.74, 6) is 1.01. The van der Waals surface area contributed by atoms with Crippen LogP contribution in [0.5, 0.6) is 5.75 Å². The van der Waals surface area contributed by atoms with Gasteiger partial charge in [0.15, 0.2) is 0 Å². The first-order valence-corrected chi connectivity index (χ1v) is 6.93. The van der Waals surface area contributed by atoms with Gasteiger partial charge in [-0.1, -0.05) is 11.6 Å². The number of anilines is 1. The SMILES string of the molecule is COc1cc(N)c(Cl)cc1C(=O)NC1CCn2ccnc21. The second-order valence-corrected chi connectivity index (χ2v) is 5.27. The molecule has 3 rings (SSSR count). The summed E-state index contributed by atoms with van der Waals surface area (Å²) in [6.45, 7) is 0.847. The number of imidazole rings is 1. The van der Waals surface area contributed by atoms with Gasteiger partial charge in [0.2, 0.25) is 0 Å². The average Bonchev–Trinajstić information content (AvgIpc) is 3.06. The molecule has 1 unspecified atom stereocenters. The van der Waals surface area contributed by atoms with Crippen molar-refractivity contribution in [3.63, 3.8) is 0 Å². The minimum absolute atomic E-state index is 0.103. The monoisotopic (exact) mass is 306 g/mol. The number of rotatable bonds is 3. The van der Waals surface area contributed by atoms with Gasteiger partial charge in [0, 0.05) is 25.0 Å². The third-order valence-electron chi connectivity index (χ3n) is 3.59. The van der Waals surface area contributed by atoms with Gasteiger partial charge in [0.05, 0.1) is 29.4 Å². The molecule has 0 aliphatic carbocycles. The Morgan fingerprint density at radius 1 is 1.57 bits per heavy atom. The van der Waals surface area contributed by atoms with Gasteiger partial charge >= 0.3 is 0 Å². The lowest BCUT2D eigenvalue weighted by atomic mass is 10.1. The van der Waals surface area contributed by atoms with E-state index in [9.17, 15) is 4.79 Å². The lowest BCUT2D eigenvalue weighted by Gasteiger charge is -2.14. The third kappa shape index (κ3) is 2.42. The van der Waals surface area contributed by atoms with Crippen molar-refractivity contribution in [3.8, 4) is 5.75 Å². The fourth-order valence-electron chi connectivity index (χ4n) is 2.51. The summed E-state index contributed by atoms with van der Waals surface area (Å²) in [6.07, 6.45) is 4.45. The van der Waals surface area contributed by atoms with E-state index in [0.29, 0.717) is 22.0 Å². The van der Waals surface area contributed by atoms with Crippen LogP contribution in [-0.2, 0) is 6.54 Å². The smallest absolute Gasteiger partial charge is 0.255 e. The molecule has 6 nitrogen and oxygen atoms in total. The van der Waals surface area contributed by atoms with E-state index in [2.05, 4.69) is 10.3 Å². The van der Waals surface area contributed by atoms with Crippen molar-refractivity contribution in [2.75, 3.05) is 12.8 Å². The van der Waals surface area contributed by atoms with Gasteiger partial charge in [-0.25, -0.2) is 4.98 Å². The molecule has 0 radical (unpaired) electrons. The van der Waals surface area contributed by atoms with Gasteiger partial charge in [-0.05, 0) is 12.5 Å². The van der Waals surface area contributed by atoms with E-state index >= 15 is 0 Å². The van der Waals surface area contributed by atoms with E-state index in [0.717, 1.165) is 18.8 Å². The lowest BCUT2D eigenvalue weighted by Crippen LogP contribution is -2.28. The number of methoxy groups -OCH3 is 1. The van der Waals surface area contributed by atoms with Gasteiger partial charge < -0.3 is 20.4 Å². The highest BCUT2D eigenvalue weighted by Crippen LogP contribution is 2.30. The predicted molar refractivity (Wildman–Crippen MR) is 79.5 cm³/mol. The van der Waals surface area contributed by atoms with Crippen LogP contribution < -0.4 is 15.8 Å². The quantitative estimate of drug-likeness (QED) is 0.850. The molecule has 1 aromatic heterocycles. The zero-order valence-corrected chi connectivity index (χ0v) is 12.2. The Bertz CT molecular complexity index is 698. The second-order valence-electron chi connectivity index (χ2n) is 4.87. The molecule has 1 aliphatic heterocycles. The van der Waals surface area contributed by atoms with E-state index in [1.54, 1.807) is 12.3 Å². The molecule has 1 atom stereocenters. The third-order valence-corrected chi connectivity index (χ3v) is 3.91. The summed E-state index contributed by atoms with van der Waals surface area (Å²) >= 11 is 5.99. The van der Waals surface area contributed by atoms with Gasteiger partial charge in [-0.15, -0.1) is 0 Å².